The van der Waals surface area contributed by atoms with E-state index in [2.05, 4.69) is 9.97 Å². The van der Waals surface area contributed by atoms with Gasteiger partial charge in [-0.15, -0.1) is 0 Å². The molecule has 0 aliphatic rings. The van der Waals surface area contributed by atoms with Crippen LogP contribution in [0.15, 0.2) is 30.5 Å². The summed E-state index contributed by atoms with van der Waals surface area (Å²) < 4.78 is 5.27. The summed E-state index contributed by atoms with van der Waals surface area (Å²) in [6, 6.07) is 7.14. The summed E-state index contributed by atoms with van der Waals surface area (Å²) in [5.74, 6) is 1.33. The molecule has 90 valence electrons. The van der Waals surface area contributed by atoms with E-state index in [1.54, 1.807) is 13.3 Å². The largest absolute Gasteiger partial charge is 0.496 e. The Kier molecular flexibility index (Phi) is 3.41. The third-order valence-electron chi connectivity index (χ3n) is 2.54. The second-order valence-electron chi connectivity index (χ2n) is 3.67. The summed E-state index contributed by atoms with van der Waals surface area (Å²) >= 11 is 0. The fraction of sp³-hybridized carbons (Fsp3) is 0.250. The summed E-state index contributed by atoms with van der Waals surface area (Å²) in [5, 5.41) is 8.96. The molecule has 2 rings (SSSR count). The van der Waals surface area contributed by atoms with Crippen molar-refractivity contribution in [2.75, 3.05) is 13.7 Å². The lowest BCUT2D eigenvalue weighted by Crippen LogP contribution is -2.15. The van der Waals surface area contributed by atoms with Gasteiger partial charge in [0.15, 0.2) is 0 Å². The summed E-state index contributed by atoms with van der Waals surface area (Å²) in [6.45, 7) is -0.140. The fourth-order valence-electron chi connectivity index (χ4n) is 1.62. The highest BCUT2D eigenvalue weighted by Crippen LogP contribution is 2.28. The molecule has 1 unspecified atom stereocenters. The van der Waals surface area contributed by atoms with Gasteiger partial charge in [0, 0.05) is 5.56 Å². The summed E-state index contributed by atoms with van der Waals surface area (Å²) in [7, 11) is 1.62. The molecule has 2 aromatic rings. The van der Waals surface area contributed by atoms with Gasteiger partial charge in [0.25, 0.3) is 0 Å². The summed E-state index contributed by atoms with van der Waals surface area (Å²) in [4.78, 5) is 7.22. The number of hydrogen-bond acceptors (Lipinski definition) is 4. The monoisotopic (exact) mass is 233 g/mol. The molecule has 0 amide bonds. The number of rotatable bonds is 4. The Morgan fingerprint density at radius 1 is 1.47 bits per heavy atom. The molecule has 5 nitrogen and oxygen atoms in total. The maximum absolute atomic E-state index is 8.96. The fourth-order valence-corrected chi connectivity index (χ4v) is 1.62. The van der Waals surface area contributed by atoms with Crippen LogP contribution >= 0.6 is 0 Å². The molecule has 5 heteroatoms. The molecule has 1 atom stereocenters. The molecule has 0 saturated heterocycles. The minimum absolute atomic E-state index is 0.140. The first kappa shape index (κ1) is 11.6. The van der Waals surface area contributed by atoms with Crippen molar-refractivity contribution in [2.45, 2.75) is 6.04 Å². The van der Waals surface area contributed by atoms with Crippen molar-refractivity contribution in [2.24, 2.45) is 5.73 Å². The number of nitrogens with one attached hydrogen (secondary N) is 1. The van der Waals surface area contributed by atoms with Crippen molar-refractivity contribution in [3.05, 3.63) is 36.3 Å². The SMILES string of the molecule is COc1ccccc1-c1cnc(C(N)CO)[nH]1. The van der Waals surface area contributed by atoms with Crippen LogP contribution in [0.3, 0.4) is 0 Å². The lowest BCUT2D eigenvalue weighted by atomic mass is 10.1. The first-order valence-electron chi connectivity index (χ1n) is 5.31. The van der Waals surface area contributed by atoms with E-state index in [-0.39, 0.29) is 6.61 Å². The maximum atomic E-state index is 8.96. The first-order valence-corrected chi connectivity index (χ1v) is 5.31. The number of aliphatic hydroxyl groups excluding tert-OH is 1. The topological polar surface area (TPSA) is 84.2 Å². The van der Waals surface area contributed by atoms with Gasteiger partial charge in [-0.05, 0) is 12.1 Å². The highest BCUT2D eigenvalue weighted by molar-refractivity contribution is 5.66. The molecular weight excluding hydrogens is 218 g/mol. The number of aliphatic hydroxyl groups is 1. The predicted molar refractivity (Wildman–Crippen MR) is 64.6 cm³/mol. The van der Waals surface area contributed by atoms with Gasteiger partial charge >= 0.3 is 0 Å². The Balaban J connectivity index is 2.37. The van der Waals surface area contributed by atoms with E-state index in [4.69, 9.17) is 15.6 Å². The number of methoxy groups -OCH3 is 1. The molecule has 0 bridgehead atoms. The van der Waals surface area contributed by atoms with Crippen LogP contribution in [0, 0.1) is 0 Å². The average Bonchev–Trinajstić information content (AvgIpc) is 2.87. The molecule has 4 N–H and O–H groups in total. The number of aromatic amines is 1. The van der Waals surface area contributed by atoms with Crippen LogP contribution in [0.4, 0.5) is 0 Å². The second kappa shape index (κ2) is 4.99. The molecular formula is C12H15N3O2. The van der Waals surface area contributed by atoms with Crippen LogP contribution in [-0.2, 0) is 0 Å². The molecule has 0 aliphatic heterocycles. The van der Waals surface area contributed by atoms with Gasteiger partial charge in [-0.25, -0.2) is 4.98 Å². The minimum atomic E-state index is -0.488. The molecule has 1 aromatic carbocycles. The quantitative estimate of drug-likeness (QED) is 0.737. The van der Waals surface area contributed by atoms with E-state index in [1.807, 2.05) is 24.3 Å². The Morgan fingerprint density at radius 3 is 2.94 bits per heavy atom. The molecule has 0 spiro atoms. The molecule has 17 heavy (non-hydrogen) atoms. The van der Waals surface area contributed by atoms with Crippen molar-refractivity contribution in [3.63, 3.8) is 0 Å². The predicted octanol–water partition coefficient (Wildman–Crippen LogP) is 1.08. The van der Waals surface area contributed by atoms with Crippen LogP contribution in [0.1, 0.15) is 11.9 Å². The number of nitrogens with zero attached hydrogens (tertiary/aromatic N) is 1. The summed E-state index contributed by atoms with van der Waals surface area (Å²) in [5.41, 5.74) is 7.42. The van der Waals surface area contributed by atoms with Gasteiger partial charge in [0.2, 0.25) is 0 Å². The Morgan fingerprint density at radius 2 is 2.24 bits per heavy atom. The number of H-pyrrole nitrogens is 1. The number of benzene rings is 1. The van der Waals surface area contributed by atoms with E-state index in [1.165, 1.54) is 0 Å². The van der Waals surface area contributed by atoms with E-state index >= 15 is 0 Å². The van der Waals surface area contributed by atoms with Gasteiger partial charge in [0.05, 0.1) is 31.6 Å². The van der Waals surface area contributed by atoms with Gasteiger partial charge in [0.1, 0.15) is 11.6 Å². The van der Waals surface area contributed by atoms with Gasteiger partial charge in [-0.3, -0.25) is 0 Å². The number of ether oxygens (including phenoxy) is 1. The lowest BCUT2D eigenvalue weighted by Gasteiger charge is -2.06. The third kappa shape index (κ3) is 2.30. The van der Waals surface area contributed by atoms with Crippen molar-refractivity contribution in [1.29, 1.82) is 0 Å². The standard InChI is InChI=1S/C12H15N3O2/c1-17-11-5-3-2-4-8(11)10-6-14-12(15-10)9(13)7-16/h2-6,9,16H,7,13H2,1H3,(H,14,15). The highest BCUT2D eigenvalue weighted by atomic mass is 16.5. The maximum Gasteiger partial charge on any atom is 0.128 e. The zero-order valence-corrected chi connectivity index (χ0v) is 9.55. The molecule has 1 aromatic heterocycles. The number of aromatic nitrogens is 2. The van der Waals surface area contributed by atoms with Crippen molar-refractivity contribution >= 4 is 0 Å². The van der Waals surface area contributed by atoms with Crippen LogP contribution in [-0.4, -0.2) is 28.8 Å². The van der Waals surface area contributed by atoms with Crippen LogP contribution in [0.25, 0.3) is 11.3 Å². The van der Waals surface area contributed by atoms with Crippen molar-refractivity contribution in [1.82, 2.24) is 9.97 Å². The van der Waals surface area contributed by atoms with Gasteiger partial charge in [-0.1, -0.05) is 12.1 Å². The van der Waals surface area contributed by atoms with E-state index in [9.17, 15) is 0 Å². The van der Waals surface area contributed by atoms with Crippen LogP contribution < -0.4 is 10.5 Å². The highest BCUT2D eigenvalue weighted by Gasteiger charge is 2.12. The first-order chi connectivity index (χ1) is 8.26. The zero-order chi connectivity index (χ0) is 12.3. The molecule has 0 saturated carbocycles. The second-order valence-corrected chi connectivity index (χ2v) is 3.67. The number of nitrogens with two attached hydrogens (primary N) is 1. The molecule has 0 radical (unpaired) electrons. The van der Waals surface area contributed by atoms with E-state index < -0.39 is 6.04 Å². The van der Waals surface area contributed by atoms with Crippen LogP contribution in [0.5, 0.6) is 5.75 Å². The zero-order valence-electron chi connectivity index (χ0n) is 9.55. The van der Waals surface area contributed by atoms with E-state index in [0.717, 1.165) is 17.0 Å². The molecule has 0 fully saturated rings. The number of hydrogen-bond donors (Lipinski definition) is 3. The lowest BCUT2D eigenvalue weighted by molar-refractivity contribution is 0.264. The van der Waals surface area contributed by atoms with Gasteiger partial charge in [-0.2, -0.15) is 0 Å². The Bertz CT molecular complexity index is 496. The third-order valence-corrected chi connectivity index (χ3v) is 2.54. The van der Waals surface area contributed by atoms with E-state index in [0.29, 0.717) is 5.82 Å². The Hall–Kier alpha value is -1.85. The molecule has 0 aliphatic carbocycles. The Labute approximate surface area is 99.3 Å². The minimum Gasteiger partial charge on any atom is -0.496 e. The summed E-state index contributed by atoms with van der Waals surface area (Å²) in [6.07, 6.45) is 1.68. The van der Waals surface area contributed by atoms with Gasteiger partial charge < -0.3 is 20.6 Å². The number of para-hydroxylation sites is 1. The number of imidazole rings is 1. The smallest absolute Gasteiger partial charge is 0.128 e. The average molecular weight is 233 g/mol. The van der Waals surface area contributed by atoms with Crippen molar-refractivity contribution in [3.8, 4) is 17.0 Å². The van der Waals surface area contributed by atoms with Crippen LogP contribution in [0.2, 0.25) is 0 Å². The molecule has 1 heterocycles. The van der Waals surface area contributed by atoms with Crippen molar-refractivity contribution < 1.29 is 9.84 Å². The normalized spacial score (nSPS) is 12.4.